The number of carboxylic acid groups (broad SMARTS) is 2. The summed E-state index contributed by atoms with van der Waals surface area (Å²) in [5.74, 6) is -3.37. The Morgan fingerprint density at radius 3 is 2.53 bits per heavy atom. The molecule has 0 aromatic carbocycles. The van der Waals surface area contributed by atoms with E-state index in [-0.39, 0.29) is 5.56 Å². The number of amides is 1. The summed E-state index contributed by atoms with van der Waals surface area (Å²) in [5, 5.41) is 23.1. The van der Waals surface area contributed by atoms with Crippen LogP contribution in [0.4, 0.5) is 0 Å². The van der Waals surface area contributed by atoms with Crippen molar-refractivity contribution in [2.75, 3.05) is 0 Å². The van der Waals surface area contributed by atoms with Crippen LogP contribution in [0, 0.1) is 0 Å². The fraction of sp³-hybridized carbons (Fsp3) is 0.333. The average Bonchev–Trinajstić information content (AvgIpc) is 2.63. The summed E-state index contributed by atoms with van der Waals surface area (Å²) in [6.45, 7) is 0. The molecule has 0 aliphatic rings. The second-order valence-electron chi connectivity index (χ2n) is 3.36. The monoisotopic (exact) mass is 241 g/mol. The van der Waals surface area contributed by atoms with Gasteiger partial charge in [-0.05, 0) is 0 Å². The average molecular weight is 241 g/mol. The molecule has 92 valence electrons. The highest BCUT2D eigenvalue weighted by atomic mass is 16.4. The smallest absolute Gasteiger partial charge is 0.326 e. The van der Waals surface area contributed by atoms with Crippen molar-refractivity contribution in [3.63, 3.8) is 0 Å². The van der Waals surface area contributed by atoms with Crippen molar-refractivity contribution < 1.29 is 24.6 Å². The Kier molecular flexibility index (Phi) is 3.81. The summed E-state index contributed by atoms with van der Waals surface area (Å²) in [7, 11) is 1.60. The second-order valence-corrected chi connectivity index (χ2v) is 3.36. The molecular weight excluding hydrogens is 230 g/mol. The number of aromatic nitrogens is 2. The highest BCUT2D eigenvalue weighted by molar-refractivity contribution is 5.96. The first-order valence-corrected chi connectivity index (χ1v) is 4.64. The van der Waals surface area contributed by atoms with Gasteiger partial charge in [0.2, 0.25) is 0 Å². The van der Waals surface area contributed by atoms with Gasteiger partial charge in [0.15, 0.2) is 0 Å². The predicted molar refractivity (Wildman–Crippen MR) is 54.4 cm³/mol. The van der Waals surface area contributed by atoms with Crippen molar-refractivity contribution in [1.82, 2.24) is 15.1 Å². The number of carbonyl (C=O) groups is 3. The Bertz CT molecular complexity index is 453. The number of aliphatic carboxylic acids is 2. The summed E-state index contributed by atoms with van der Waals surface area (Å²) in [4.78, 5) is 32.6. The van der Waals surface area contributed by atoms with Crippen molar-refractivity contribution in [2.45, 2.75) is 12.5 Å². The lowest BCUT2D eigenvalue weighted by Crippen LogP contribution is -2.42. The summed E-state index contributed by atoms with van der Waals surface area (Å²) in [5.41, 5.74) is 0.170. The molecule has 1 heterocycles. The summed E-state index contributed by atoms with van der Waals surface area (Å²) in [6, 6.07) is -1.46. The molecule has 8 heteroatoms. The number of rotatable bonds is 5. The van der Waals surface area contributed by atoms with Gasteiger partial charge in [-0.25, -0.2) is 4.79 Å². The fourth-order valence-electron chi connectivity index (χ4n) is 1.15. The fourth-order valence-corrected chi connectivity index (χ4v) is 1.15. The zero-order chi connectivity index (χ0) is 13.0. The van der Waals surface area contributed by atoms with Crippen LogP contribution in [0.15, 0.2) is 12.4 Å². The van der Waals surface area contributed by atoms with Crippen LogP contribution in [-0.2, 0) is 16.6 Å². The van der Waals surface area contributed by atoms with Crippen LogP contribution in [0.5, 0.6) is 0 Å². The minimum atomic E-state index is -1.46. The first-order valence-electron chi connectivity index (χ1n) is 4.64. The molecule has 1 unspecified atom stereocenters. The molecule has 0 bridgehead atoms. The van der Waals surface area contributed by atoms with Gasteiger partial charge in [0, 0.05) is 13.2 Å². The Morgan fingerprint density at radius 2 is 2.12 bits per heavy atom. The molecule has 1 aromatic rings. The predicted octanol–water partition coefficient (Wildman–Crippen LogP) is -0.922. The molecule has 8 nitrogen and oxygen atoms in total. The van der Waals surface area contributed by atoms with E-state index in [4.69, 9.17) is 10.2 Å². The highest BCUT2D eigenvalue weighted by Crippen LogP contribution is 1.99. The lowest BCUT2D eigenvalue weighted by molar-refractivity contribution is -0.145. The molecule has 0 spiro atoms. The number of nitrogens with zero attached hydrogens (tertiary/aromatic N) is 2. The van der Waals surface area contributed by atoms with E-state index < -0.39 is 30.3 Å². The van der Waals surface area contributed by atoms with Crippen LogP contribution in [0.2, 0.25) is 0 Å². The topological polar surface area (TPSA) is 122 Å². The first-order chi connectivity index (χ1) is 7.90. The maximum Gasteiger partial charge on any atom is 0.326 e. The van der Waals surface area contributed by atoms with Crippen LogP contribution >= 0.6 is 0 Å². The van der Waals surface area contributed by atoms with Gasteiger partial charge < -0.3 is 15.5 Å². The Hall–Kier alpha value is -2.38. The number of hydrogen-bond acceptors (Lipinski definition) is 4. The van der Waals surface area contributed by atoms with E-state index in [9.17, 15) is 14.4 Å². The molecule has 0 fully saturated rings. The van der Waals surface area contributed by atoms with E-state index in [1.807, 2.05) is 0 Å². The van der Waals surface area contributed by atoms with Crippen molar-refractivity contribution in [3.8, 4) is 0 Å². The molecule has 0 aliphatic carbocycles. The number of nitrogens with one attached hydrogen (secondary N) is 1. The van der Waals surface area contributed by atoms with Gasteiger partial charge in [-0.15, -0.1) is 0 Å². The van der Waals surface area contributed by atoms with Gasteiger partial charge in [0.25, 0.3) is 5.91 Å². The molecule has 3 N–H and O–H groups in total. The molecule has 1 aromatic heterocycles. The third kappa shape index (κ3) is 3.59. The number of hydrogen-bond donors (Lipinski definition) is 3. The van der Waals surface area contributed by atoms with E-state index >= 15 is 0 Å². The molecule has 1 atom stereocenters. The van der Waals surface area contributed by atoms with Crippen molar-refractivity contribution in [1.29, 1.82) is 0 Å². The highest BCUT2D eigenvalue weighted by Gasteiger charge is 2.23. The van der Waals surface area contributed by atoms with Crippen molar-refractivity contribution >= 4 is 17.8 Å². The van der Waals surface area contributed by atoms with Crippen molar-refractivity contribution in [2.24, 2.45) is 7.05 Å². The van der Waals surface area contributed by atoms with Crippen LogP contribution in [0.25, 0.3) is 0 Å². The zero-order valence-electron chi connectivity index (χ0n) is 8.95. The third-order valence-corrected chi connectivity index (χ3v) is 1.95. The van der Waals surface area contributed by atoms with Crippen LogP contribution in [0.1, 0.15) is 16.8 Å². The van der Waals surface area contributed by atoms with E-state index in [1.54, 1.807) is 7.05 Å². The minimum Gasteiger partial charge on any atom is -0.481 e. The first kappa shape index (κ1) is 12.7. The van der Waals surface area contributed by atoms with Gasteiger partial charge in [-0.2, -0.15) is 5.10 Å². The number of aryl methyl sites for hydroxylation is 1. The number of carboxylic acids is 2. The molecule has 0 saturated carbocycles. The SMILES string of the molecule is Cn1cc(C(=O)NC(CC(=O)O)C(=O)O)cn1. The Morgan fingerprint density at radius 1 is 1.47 bits per heavy atom. The molecule has 0 aliphatic heterocycles. The zero-order valence-corrected chi connectivity index (χ0v) is 8.95. The van der Waals surface area contributed by atoms with E-state index in [1.165, 1.54) is 17.1 Å². The van der Waals surface area contributed by atoms with Gasteiger partial charge in [0.05, 0.1) is 18.2 Å². The lowest BCUT2D eigenvalue weighted by Gasteiger charge is -2.11. The molecule has 1 amide bonds. The Labute approximate surface area is 95.9 Å². The molecule has 1 rings (SSSR count). The van der Waals surface area contributed by atoms with E-state index in [0.717, 1.165) is 0 Å². The normalized spacial score (nSPS) is 11.8. The van der Waals surface area contributed by atoms with Crippen LogP contribution in [0.3, 0.4) is 0 Å². The number of carbonyl (C=O) groups excluding carboxylic acids is 1. The minimum absolute atomic E-state index is 0.170. The maximum absolute atomic E-state index is 11.5. The largest absolute Gasteiger partial charge is 0.481 e. The van der Waals surface area contributed by atoms with E-state index in [2.05, 4.69) is 10.4 Å². The van der Waals surface area contributed by atoms with Crippen LogP contribution in [-0.4, -0.2) is 43.9 Å². The summed E-state index contributed by atoms with van der Waals surface area (Å²) < 4.78 is 1.38. The molecule has 17 heavy (non-hydrogen) atoms. The Balaban J connectivity index is 2.70. The lowest BCUT2D eigenvalue weighted by atomic mass is 10.2. The second kappa shape index (κ2) is 5.10. The van der Waals surface area contributed by atoms with Gasteiger partial charge in [0.1, 0.15) is 6.04 Å². The third-order valence-electron chi connectivity index (χ3n) is 1.95. The van der Waals surface area contributed by atoms with E-state index in [0.29, 0.717) is 0 Å². The van der Waals surface area contributed by atoms with Gasteiger partial charge in [-0.3, -0.25) is 14.3 Å². The summed E-state index contributed by atoms with van der Waals surface area (Å²) in [6.07, 6.45) is 1.98. The molecular formula is C9H11N3O5. The van der Waals surface area contributed by atoms with Gasteiger partial charge in [-0.1, -0.05) is 0 Å². The maximum atomic E-state index is 11.5. The van der Waals surface area contributed by atoms with Crippen LogP contribution < -0.4 is 5.32 Å². The molecule has 0 saturated heterocycles. The quantitative estimate of drug-likeness (QED) is 0.612. The van der Waals surface area contributed by atoms with Gasteiger partial charge >= 0.3 is 11.9 Å². The summed E-state index contributed by atoms with van der Waals surface area (Å²) >= 11 is 0. The standard InChI is InChI=1S/C9H11N3O5/c1-12-4-5(3-10-12)8(15)11-6(9(16)17)2-7(13)14/h3-4,6H,2H2,1H3,(H,11,15)(H,13,14)(H,16,17). The van der Waals surface area contributed by atoms with Crippen molar-refractivity contribution in [3.05, 3.63) is 18.0 Å². The molecule has 0 radical (unpaired) electrons.